The fraction of sp³-hybridized carbons (Fsp3) is 0.647. The molecular weight excluding hydrogens is 287 g/mol. The molecule has 0 aromatic heterocycles. The van der Waals surface area contributed by atoms with Crippen LogP contribution in [0.15, 0.2) is 18.2 Å². The Morgan fingerprint density at radius 3 is 2.81 bits per heavy atom. The van der Waals surface area contributed by atoms with Crippen LogP contribution in [0.2, 0.25) is 5.02 Å². The summed E-state index contributed by atoms with van der Waals surface area (Å²) in [5.74, 6) is 0.425. The van der Waals surface area contributed by atoms with Gasteiger partial charge in [-0.25, -0.2) is 4.39 Å². The third-order valence-corrected chi connectivity index (χ3v) is 5.07. The molecule has 1 aromatic carbocycles. The highest BCUT2D eigenvalue weighted by Gasteiger charge is 2.36. The highest BCUT2D eigenvalue weighted by Crippen LogP contribution is 2.35. The van der Waals surface area contributed by atoms with Crippen LogP contribution in [0.25, 0.3) is 0 Å². The fourth-order valence-corrected chi connectivity index (χ4v) is 3.65. The number of rotatable bonds is 5. The number of hydrogen-bond acceptors (Lipinski definition) is 2. The normalized spacial score (nSPS) is 26.3. The Hall–Kier alpha value is -0.640. The van der Waals surface area contributed by atoms with E-state index in [0.717, 1.165) is 24.6 Å². The highest BCUT2D eigenvalue weighted by molar-refractivity contribution is 6.30. The molecule has 1 fully saturated rings. The van der Waals surface area contributed by atoms with Crippen molar-refractivity contribution in [1.82, 2.24) is 10.2 Å². The first kappa shape index (κ1) is 16.7. The van der Waals surface area contributed by atoms with Crippen molar-refractivity contribution in [3.05, 3.63) is 34.6 Å². The maximum absolute atomic E-state index is 13.2. The molecule has 1 aliphatic rings. The van der Waals surface area contributed by atoms with E-state index >= 15 is 0 Å². The minimum absolute atomic E-state index is 0.197. The lowest BCUT2D eigenvalue weighted by Crippen LogP contribution is -2.54. The van der Waals surface area contributed by atoms with Crippen molar-refractivity contribution in [3.63, 3.8) is 0 Å². The van der Waals surface area contributed by atoms with Crippen molar-refractivity contribution in [2.45, 2.75) is 44.7 Å². The zero-order valence-corrected chi connectivity index (χ0v) is 14.0. The van der Waals surface area contributed by atoms with Gasteiger partial charge in [-0.15, -0.1) is 0 Å². The molecule has 2 unspecified atom stereocenters. The van der Waals surface area contributed by atoms with Crippen molar-refractivity contribution >= 4 is 11.6 Å². The number of nitrogens with zero attached hydrogens (tertiary/aromatic N) is 1. The van der Waals surface area contributed by atoms with Crippen LogP contribution in [0.3, 0.4) is 0 Å². The van der Waals surface area contributed by atoms with E-state index in [-0.39, 0.29) is 16.4 Å². The van der Waals surface area contributed by atoms with Crippen molar-refractivity contribution < 1.29 is 4.39 Å². The van der Waals surface area contributed by atoms with Crippen LogP contribution in [-0.2, 0) is 6.54 Å². The molecule has 0 aliphatic heterocycles. The second-order valence-corrected chi connectivity index (χ2v) is 7.08. The van der Waals surface area contributed by atoms with Gasteiger partial charge < -0.3 is 10.2 Å². The lowest BCUT2D eigenvalue weighted by Gasteiger charge is -2.45. The SMILES string of the molecule is CC1CCCC(CNCc2ccc(F)c(Cl)c2)(N(C)C)C1. The fourth-order valence-electron chi connectivity index (χ4n) is 3.45. The minimum atomic E-state index is -0.355. The topological polar surface area (TPSA) is 15.3 Å². The smallest absolute Gasteiger partial charge is 0.141 e. The standard InChI is InChI=1S/C17H26ClFN2/c1-13-5-4-8-17(10-13,21(2)3)12-20-11-14-6-7-16(19)15(18)9-14/h6-7,9,13,20H,4-5,8,10-12H2,1-3H3. The molecule has 1 saturated carbocycles. The molecule has 1 N–H and O–H groups in total. The van der Waals surface area contributed by atoms with Gasteiger partial charge >= 0.3 is 0 Å². The third kappa shape index (κ3) is 4.18. The van der Waals surface area contributed by atoms with E-state index in [1.54, 1.807) is 12.1 Å². The molecule has 2 atom stereocenters. The Bertz CT molecular complexity index is 478. The Morgan fingerprint density at radius 1 is 1.43 bits per heavy atom. The molecule has 1 aromatic rings. The molecule has 0 bridgehead atoms. The van der Waals surface area contributed by atoms with Crippen molar-refractivity contribution in [3.8, 4) is 0 Å². The molecule has 21 heavy (non-hydrogen) atoms. The number of benzene rings is 1. The second-order valence-electron chi connectivity index (χ2n) is 6.67. The number of halogens is 2. The molecule has 118 valence electrons. The van der Waals surface area contributed by atoms with E-state index in [1.165, 1.54) is 31.7 Å². The minimum Gasteiger partial charge on any atom is -0.311 e. The van der Waals surface area contributed by atoms with Gasteiger partial charge in [-0.2, -0.15) is 0 Å². The summed E-state index contributed by atoms with van der Waals surface area (Å²) >= 11 is 5.83. The van der Waals surface area contributed by atoms with E-state index in [2.05, 4.69) is 31.2 Å². The molecule has 0 heterocycles. The van der Waals surface area contributed by atoms with E-state index < -0.39 is 0 Å². The number of nitrogens with one attached hydrogen (secondary N) is 1. The third-order valence-electron chi connectivity index (χ3n) is 4.78. The van der Waals surface area contributed by atoms with Crippen LogP contribution < -0.4 is 5.32 Å². The van der Waals surface area contributed by atoms with Crippen LogP contribution in [0.5, 0.6) is 0 Å². The summed E-state index contributed by atoms with van der Waals surface area (Å²) in [5, 5.41) is 3.74. The van der Waals surface area contributed by atoms with Crippen molar-refractivity contribution in [1.29, 1.82) is 0 Å². The molecule has 4 heteroatoms. The predicted octanol–water partition coefficient (Wildman–Crippen LogP) is 4.08. The zero-order valence-electron chi connectivity index (χ0n) is 13.3. The molecule has 0 spiro atoms. The zero-order chi connectivity index (χ0) is 15.5. The summed E-state index contributed by atoms with van der Waals surface area (Å²) in [4.78, 5) is 2.37. The first-order valence-electron chi connectivity index (χ1n) is 7.75. The van der Waals surface area contributed by atoms with Gasteiger partial charge in [0.2, 0.25) is 0 Å². The molecule has 0 saturated heterocycles. The van der Waals surface area contributed by atoms with Crippen LogP contribution in [0.4, 0.5) is 4.39 Å². The predicted molar refractivity (Wildman–Crippen MR) is 87.2 cm³/mol. The van der Waals surface area contributed by atoms with Crippen LogP contribution in [0.1, 0.15) is 38.2 Å². The first-order valence-corrected chi connectivity index (χ1v) is 8.13. The second kappa shape index (κ2) is 7.08. The summed E-state index contributed by atoms with van der Waals surface area (Å²) < 4.78 is 13.2. The van der Waals surface area contributed by atoms with Gasteiger partial charge in [0.05, 0.1) is 5.02 Å². The lowest BCUT2D eigenvalue weighted by atomic mass is 9.75. The van der Waals surface area contributed by atoms with Gasteiger partial charge in [-0.1, -0.05) is 37.4 Å². The Morgan fingerprint density at radius 2 is 2.19 bits per heavy atom. The lowest BCUT2D eigenvalue weighted by molar-refractivity contribution is 0.0749. The van der Waals surface area contributed by atoms with Crippen molar-refractivity contribution in [2.24, 2.45) is 5.92 Å². The summed E-state index contributed by atoms with van der Waals surface area (Å²) in [5.41, 5.74) is 1.26. The highest BCUT2D eigenvalue weighted by atomic mass is 35.5. The Labute approximate surface area is 132 Å². The first-order chi connectivity index (χ1) is 9.93. The molecule has 2 nitrogen and oxygen atoms in total. The Kier molecular flexibility index (Phi) is 5.64. The largest absolute Gasteiger partial charge is 0.311 e. The molecule has 2 rings (SSSR count). The average molecular weight is 313 g/mol. The van der Waals surface area contributed by atoms with Gasteiger partial charge in [0, 0.05) is 18.6 Å². The maximum atomic E-state index is 13.2. The quantitative estimate of drug-likeness (QED) is 0.881. The molecule has 0 radical (unpaired) electrons. The van der Waals surface area contributed by atoms with E-state index in [1.807, 2.05) is 0 Å². The van der Waals surface area contributed by atoms with Gasteiger partial charge in [0.25, 0.3) is 0 Å². The van der Waals surface area contributed by atoms with Crippen molar-refractivity contribution in [2.75, 3.05) is 20.6 Å². The maximum Gasteiger partial charge on any atom is 0.141 e. The van der Waals surface area contributed by atoms with Gasteiger partial charge in [0.1, 0.15) is 5.82 Å². The number of hydrogen-bond donors (Lipinski definition) is 1. The average Bonchev–Trinajstić information content (AvgIpc) is 2.42. The summed E-state index contributed by atoms with van der Waals surface area (Å²) in [6, 6.07) is 4.93. The summed E-state index contributed by atoms with van der Waals surface area (Å²) in [6.07, 6.45) is 5.10. The summed E-state index contributed by atoms with van der Waals surface area (Å²) in [6.45, 7) is 4.03. The molecule has 0 amide bonds. The molecule has 1 aliphatic carbocycles. The van der Waals surface area contributed by atoms with E-state index in [9.17, 15) is 4.39 Å². The molecular formula is C17H26ClFN2. The number of likely N-dealkylation sites (N-methyl/N-ethyl adjacent to an activating group) is 1. The van der Waals surface area contributed by atoms with Crippen LogP contribution in [-0.4, -0.2) is 31.1 Å². The van der Waals surface area contributed by atoms with Crippen LogP contribution in [0, 0.1) is 11.7 Å². The van der Waals surface area contributed by atoms with Gasteiger partial charge in [-0.3, -0.25) is 0 Å². The van der Waals surface area contributed by atoms with E-state index in [4.69, 9.17) is 11.6 Å². The van der Waals surface area contributed by atoms with Gasteiger partial charge in [0.15, 0.2) is 0 Å². The summed E-state index contributed by atoms with van der Waals surface area (Å²) in [7, 11) is 4.35. The monoisotopic (exact) mass is 312 g/mol. The van der Waals surface area contributed by atoms with Gasteiger partial charge in [-0.05, 0) is 50.6 Å². The van der Waals surface area contributed by atoms with Crippen LogP contribution >= 0.6 is 11.6 Å². The van der Waals surface area contributed by atoms with E-state index in [0.29, 0.717) is 0 Å². The Balaban J connectivity index is 1.94.